The highest BCUT2D eigenvalue weighted by molar-refractivity contribution is 6.01. The summed E-state index contributed by atoms with van der Waals surface area (Å²) in [5.74, 6) is 1.84. The molecule has 0 fully saturated rings. The Balaban J connectivity index is 1.30. The molecule has 34 heavy (non-hydrogen) atoms. The molecule has 5 rings (SSSR count). The number of methoxy groups -OCH3 is 2. The Hall–Kier alpha value is -4.59. The number of fused-ring (bicyclic) bond motifs is 2. The molecule has 0 saturated carbocycles. The van der Waals surface area contributed by atoms with E-state index in [1.807, 2.05) is 54.7 Å². The number of ether oxygens (including phenoxy) is 2. The number of para-hydroxylation sites is 1. The number of aromatic amines is 2. The summed E-state index contributed by atoms with van der Waals surface area (Å²) in [4.78, 5) is 23.7. The monoisotopic (exact) mass is 453 g/mol. The van der Waals surface area contributed by atoms with E-state index in [1.165, 1.54) is 0 Å². The highest BCUT2D eigenvalue weighted by Crippen LogP contribution is 2.28. The number of nitrogens with one attached hydrogen (secondary N) is 3. The van der Waals surface area contributed by atoms with Crippen molar-refractivity contribution >= 4 is 34.1 Å². The summed E-state index contributed by atoms with van der Waals surface area (Å²) in [6, 6.07) is 19.0. The van der Waals surface area contributed by atoms with Gasteiger partial charge in [0.05, 0.1) is 31.5 Å². The van der Waals surface area contributed by atoms with Gasteiger partial charge in [0, 0.05) is 34.6 Å². The van der Waals surface area contributed by atoms with Crippen LogP contribution in [-0.2, 0) is 6.42 Å². The number of hydrogen-bond acceptors (Lipinski definition) is 5. The summed E-state index contributed by atoms with van der Waals surface area (Å²) in [7, 11) is 3.22. The Morgan fingerprint density at radius 2 is 1.88 bits per heavy atom. The van der Waals surface area contributed by atoms with Gasteiger partial charge < -0.3 is 19.4 Å². The van der Waals surface area contributed by atoms with Crippen LogP contribution in [0.5, 0.6) is 11.5 Å². The molecule has 3 N–H and O–H groups in total. The van der Waals surface area contributed by atoms with Gasteiger partial charge in [-0.2, -0.15) is 5.10 Å². The summed E-state index contributed by atoms with van der Waals surface area (Å²) >= 11 is 0. The van der Waals surface area contributed by atoms with Crippen molar-refractivity contribution in [2.45, 2.75) is 6.42 Å². The van der Waals surface area contributed by atoms with Crippen LogP contribution in [0.1, 0.15) is 27.3 Å². The minimum Gasteiger partial charge on any atom is -0.493 e. The van der Waals surface area contributed by atoms with E-state index in [2.05, 4.69) is 25.5 Å². The van der Waals surface area contributed by atoms with Crippen molar-refractivity contribution < 1.29 is 14.3 Å². The molecule has 0 spiro atoms. The smallest absolute Gasteiger partial charge is 0.271 e. The van der Waals surface area contributed by atoms with Crippen LogP contribution in [0.2, 0.25) is 0 Å². The molecule has 8 nitrogen and oxygen atoms in total. The molecule has 0 unspecified atom stereocenters. The number of imidazole rings is 1. The fourth-order valence-corrected chi connectivity index (χ4v) is 3.90. The molecule has 5 aromatic rings. The summed E-state index contributed by atoms with van der Waals surface area (Å²) in [6.45, 7) is 0. The van der Waals surface area contributed by atoms with E-state index in [4.69, 9.17) is 9.47 Å². The summed E-state index contributed by atoms with van der Waals surface area (Å²) in [6.07, 6.45) is 4.08. The van der Waals surface area contributed by atoms with Crippen LogP contribution < -0.4 is 14.9 Å². The zero-order valence-corrected chi connectivity index (χ0v) is 18.8. The third-order valence-corrected chi connectivity index (χ3v) is 5.60. The van der Waals surface area contributed by atoms with E-state index in [0.29, 0.717) is 23.5 Å². The van der Waals surface area contributed by atoms with Crippen molar-refractivity contribution in [1.29, 1.82) is 0 Å². The van der Waals surface area contributed by atoms with Crippen molar-refractivity contribution in [2.24, 2.45) is 5.10 Å². The van der Waals surface area contributed by atoms with Gasteiger partial charge in [0.25, 0.3) is 5.91 Å². The van der Waals surface area contributed by atoms with Crippen LogP contribution in [0.4, 0.5) is 0 Å². The summed E-state index contributed by atoms with van der Waals surface area (Å²) < 4.78 is 10.7. The molecule has 0 aliphatic carbocycles. The maximum Gasteiger partial charge on any atom is 0.271 e. The number of carbonyl (C=O) groups excluding carboxylic acids is 1. The number of carbonyl (C=O) groups is 1. The normalized spacial score (nSPS) is 11.4. The first kappa shape index (κ1) is 21.3. The second kappa shape index (κ2) is 9.11. The van der Waals surface area contributed by atoms with Gasteiger partial charge in [0.15, 0.2) is 11.5 Å². The minimum atomic E-state index is -0.297. The second-order valence-electron chi connectivity index (χ2n) is 7.77. The number of amides is 1. The highest BCUT2D eigenvalue weighted by Gasteiger charge is 2.11. The predicted molar refractivity (Wildman–Crippen MR) is 132 cm³/mol. The first-order chi connectivity index (χ1) is 16.6. The topological polar surface area (TPSA) is 104 Å². The van der Waals surface area contributed by atoms with Crippen molar-refractivity contribution in [3.63, 3.8) is 0 Å². The molecule has 0 saturated heterocycles. The van der Waals surface area contributed by atoms with Crippen molar-refractivity contribution in [1.82, 2.24) is 20.4 Å². The summed E-state index contributed by atoms with van der Waals surface area (Å²) in [5.41, 5.74) is 7.60. The lowest BCUT2D eigenvalue weighted by molar-refractivity contribution is 0.0955. The van der Waals surface area contributed by atoms with E-state index in [9.17, 15) is 4.79 Å². The Labute approximate surface area is 195 Å². The summed E-state index contributed by atoms with van der Waals surface area (Å²) in [5, 5.41) is 5.16. The molecule has 0 aliphatic rings. The molecule has 3 aromatic carbocycles. The zero-order valence-electron chi connectivity index (χ0n) is 18.8. The maximum absolute atomic E-state index is 12.6. The second-order valence-corrected chi connectivity index (χ2v) is 7.77. The van der Waals surface area contributed by atoms with E-state index in [1.54, 1.807) is 32.6 Å². The molecule has 2 heterocycles. The van der Waals surface area contributed by atoms with Crippen molar-refractivity contribution in [3.05, 3.63) is 89.4 Å². The standard InChI is InChI=1S/C26H23N5O3/c1-33-23-10-7-16(11-24(23)34-2)12-25-29-21-9-8-17(13-22(21)30-25)26(32)31-28-15-18-14-27-20-6-4-3-5-19(18)20/h3-11,13-15,27H,12H2,1-2H3,(H,29,30)(H,31,32)/b28-15-. The third-order valence-electron chi connectivity index (χ3n) is 5.60. The van der Waals surface area contributed by atoms with Crippen LogP contribution in [0.15, 0.2) is 72.0 Å². The Morgan fingerprint density at radius 1 is 1.03 bits per heavy atom. The van der Waals surface area contributed by atoms with E-state index in [-0.39, 0.29) is 5.91 Å². The van der Waals surface area contributed by atoms with Crippen LogP contribution >= 0.6 is 0 Å². The predicted octanol–water partition coefficient (Wildman–Crippen LogP) is 4.42. The minimum absolute atomic E-state index is 0.297. The van der Waals surface area contributed by atoms with E-state index < -0.39 is 0 Å². The van der Waals surface area contributed by atoms with Gasteiger partial charge in [-0.1, -0.05) is 24.3 Å². The fraction of sp³-hybridized carbons (Fsp3) is 0.115. The quantitative estimate of drug-likeness (QED) is 0.251. The number of aromatic nitrogens is 3. The van der Waals surface area contributed by atoms with E-state index >= 15 is 0 Å². The Kier molecular flexibility index (Phi) is 5.70. The van der Waals surface area contributed by atoms with Gasteiger partial charge in [-0.25, -0.2) is 10.4 Å². The van der Waals surface area contributed by atoms with Gasteiger partial charge >= 0.3 is 0 Å². The lowest BCUT2D eigenvalue weighted by Gasteiger charge is -2.08. The molecule has 0 radical (unpaired) electrons. The maximum atomic E-state index is 12.6. The van der Waals surface area contributed by atoms with Gasteiger partial charge in [-0.15, -0.1) is 0 Å². The first-order valence-corrected chi connectivity index (χ1v) is 10.7. The SMILES string of the molecule is COc1ccc(Cc2nc3ccc(C(=O)N/N=C\c4c[nH]c5ccccc45)cc3[nH]2)cc1OC. The highest BCUT2D eigenvalue weighted by atomic mass is 16.5. The van der Waals surface area contributed by atoms with Crippen LogP contribution in [0, 0.1) is 0 Å². The lowest BCUT2D eigenvalue weighted by atomic mass is 10.1. The molecule has 1 amide bonds. The molecule has 2 aromatic heterocycles. The Morgan fingerprint density at radius 3 is 2.74 bits per heavy atom. The van der Waals surface area contributed by atoms with E-state index in [0.717, 1.165) is 38.9 Å². The number of H-pyrrole nitrogens is 2. The molecule has 0 aliphatic heterocycles. The average Bonchev–Trinajstić information content (AvgIpc) is 3.46. The average molecular weight is 454 g/mol. The molecule has 0 bridgehead atoms. The van der Waals surface area contributed by atoms with Gasteiger partial charge in [0.1, 0.15) is 5.82 Å². The number of hydrogen-bond donors (Lipinski definition) is 3. The molecular formula is C26H23N5O3. The van der Waals surface area contributed by atoms with Gasteiger partial charge in [0.2, 0.25) is 0 Å². The van der Waals surface area contributed by atoms with Crippen LogP contribution in [0.25, 0.3) is 21.9 Å². The van der Waals surface area contributed by atoms with Crippen LogP contribution in [0.3, 0.4) is 0 Å². The molecular weight excluding hydrogens is 430 g/mol. The largest absolute Gasteiger partial charge is 0.493 e. The lowest BCUT2D eigenvalue weighted by Crippen LogP contribution is -2.17. The fourth-order valence-electron chi connectivity index (χ4n) is 3.90. The number of nitrogens with zero attached hydrogens (tertiary/aromatic N) is 2. The molecule has 170 valence electrons. The first-order valence-electron chi connectivity index (χ1n) is 10.7. The van der Waals surface area contributed by atoms with Crippen molar-refractivity contribution in [2.75, 3.05) is 14.2 Å². The number of hydrazone groups is 1. The Bertz CT molecular complexity index is 1520. The van der Waals surface area contributed by atoms with Gasteiger partial charge in [-0.3, -0.25) is 4.79 Å². The van der Waals surface area contributed by atoms with Crippen LogP contribution in [-0.4, -0.2) is 41.3 Å². The van der Waals surface area contributed by atoms with Gasteiger partial charge in [-0.05, 0) is 42.0 Å². The number of rotatable bonds is 7. The van der Waals surface area contributed by atoms with Crippen molar-refractivity contribution in [3.8, 4) is 11.5 Å². The molecule has 8 heteroatoms. The number of benzene rings is 3. The zero-order chi connectivity index (χ0) is 23.5. The third kappa shape index (κ3) is 4.21. The molecule has 0 atom stereocenters.